The number of rotatable bonds is 30. The van der Waals surface area contributed by atoms with Gasteiger partial charge in [0.15, 0.2) is 0 Å². The number of carboxylic acid groups (broad SMARTS) is 3. The van der Waals surface area contributed by atoms with Gasteiger partial charge >= 0.3 is 17.4 Å². The molecule has 0 aromatic heterocycles. The Morgan fingerprint density at radius 1 is 0.370 bits per heavy atom. The van der Waals surface area contributed by atoms with Crippen molar-refractivity contribution >= 4 is 35.3 Å². The first-order valence-corrected chi connectivity index (χ1v) is 18.2. The number of carboxylic acids is 3. The Balaban J connectivity index is -0.000000285. The normalized spacial score (nSPS) is 12.4. The van der Waals surface area contributed by atoms with Crippen molar-refractivity contribution in [3.05, 3.63) is 0 Å². The molecular formula is C36H69AlO9. The molecule has 0 aromatic rings. The van der Waals surface area contributed by atoms with Crippen molar-refractivity contribution in [2.24, 2.45) is 0 Å². The van der Waals surface area contributed by atoms with Crippen LogP contribution in [0.2, 0.25) is 0 Å². The number of aliphatic carboxylic acids is 3. The van der Waals surface area contributed by atoms with E-state index in [0.717, 1.165) is 57.8 Å². The van der Waals surface area contributed by atoms with Crippen molar-refractivity contribution in [1.82, 2.24) is 0 Å². The molecule has 9 nitrogen and oxygen atoms in total. The van der Waals surface area contributed by atoms with Gasteiger partial charge in [-0.15, -0.1) is 0 Å². The van der Waals surface area contributed by atoms with Gasteiger partial charge in [0.2, 0.25) is 0 Å². The predicted molar refractivity (Wildman–Crippen MR) is 180 cm³/mol. The Kier molecular flexibility index (Phi) is 47.0. The SMILES string of the molecule is CCCCCCCCCCC(O)C(=O)[O-].CCCCCCCCCCC(O)C(=O)[O-].CCCCCCCCCCC(O)C(=O)[O-].[Al+3]. The predicted octanol–water partition coefficient (Wildman–Crippen LogP) is 4.50. The minimum absolute atomic E-state index is 0. The fourth-order valence-electron chi connectivity index (χ4n) is 4.77. The molecule has 0 saturated heterocycles. The first-order valence-electron chi connectivity index (χ1n) is 18.2. The summed E-state index contributed by atoms with van der Waals surface area (Å²) in [5.74, 6) is -4.05. The van der Waals surface area contributed by atoms with Gasteiger partial charge < -0.3 is 45.0 Å². The molecule has 0 bridgehead atoms. The van der Waals surface area contributed by atoms with Crippen molar-refractivity contribution in [3.8, 4) is 0 Å². The summed E-state index contributed by atoms with van der Waals surface area (Å²) >= 11 is 0. The van der Waals surface area contributed by atoms with E-state index in [9.17, 15) is 29.7 Å². The summed E-state index contributed by atoms with van der Waals surface area (Å²) in [5, 5.41) is 57.3. The number of carbonyl (C=O) groups excluding carboxylic acids is 3. The van der Waals surface area contributed by atoms with Crippen LogP contribution in [0.25, 0.3) is 0 Å². The van der Waals surface area contributed by atoms with Crippen molar-refractivity contribution in [2.75, 3.05) is 0 Å². The fourth-order valence-corrected chi connectivity index (χ4v) is 4.77. The summed E-state index contributed by atoms with van der Waals surface area (Å²) in [7, 11) is 0. The average Bonchev–Trinajstić information content (AvgIpc) is 3.01. The number of aliphatic hydroxyl groups is 3. The third-order valence-corrected chi connectivity index (χ3v) is 7.81. The number of hydrogen-bond donors (Lipinski definition) is 3. The maximum absolute atomic E-state index is 10.2. The van der Waals surface area contributed by atoms with Crippen LogP contribution in [-0.4, -0.2) is 68.9 Å². The van der Waals surface area contributed by atoms with Crippen LogP contribution in [0, 0.1) is 0 Å². The molecule has 0 saturated carbocycles. The molecule has 0 fully saturated rings. The second-order valence-electron chi connectivity index (χ2n) is 12.3. The van der Waals surface area contributed by atoms with Crippen LogP contribution in [0.5, 0.6) is 0 Å². The van der Waals surface area contributed by atoms with E-state index in [1.54, 1.807) is 0 Å². The van der Waals surface area contributed by atoms with E-state index >= 15 is 0 Å². The minimum atomic E-state index is -1.35. The van der Waals surface area contributed by atoms with Crippen LogP contribution in [0.1, 0.15) is 194 Å². The van der Waals surface area contributed by atoms with Gasteiger partial charge in [0.1, 0.15) is 0 Å². The minimum Gasteiger partial charge on any atom is -0.547 e. The second-order valence-corrected chi connectivity index (χ2v) is 12.3. The number of unbranched alkanes of at least 4 members (excludes halogenated alkanes) is 21. The summed E-state index contributed by atoms with van der Waals surface area (Å²) in [5.41, 5.74) is 0. The van der Waals surface area contributed by atoms with E-state index in [-0.39, 0.29) is 17.4 Å². The maximum Gasteiger partial charge on any atom is 3.00 e. The van der Waals surface area contributed by atoms with E-state index in [4.69, 9.17) is 15.3 Å². The van der Waals surface area contributed by atoms with E-state index in [2.05, 4.69) is 20.8 Å². The molecule has 0 aliphatic rings. The van der Waals surface area contributed by atoms with Crippen LogP contribution in [0.15, 0.2) is 0 Å². The van der Waals surface area contributed by atoms with Gasteiger partial charge in [0, 0.05) is 0 Å². The van der Waals surface area contributed by atoms with Gasteiger partial charge in [0.25, 0.3) is 0 Å². The average molecular weight is 673 g/mol. The number of aliphatic hydroxyl groups excluding tert-OH is 3. The van der Waals surface area contributed by atoms with Crippen LogP contribution in [-0.2, 0) is 14.4 Å². The van der Waals surface area contributed by atoms with E-state index in [1.807, 2.05) is 0 Å². The molecule has 0 aliphatic carbocycles. The van der Waals surface area contributed by atoms with Crippen molar-refractivity contribution in [1.29, 1.82) is 0 Å². The third-order valence-electron chi connectivity index (χ3n) is 7.81. The Bertz CT molecular complexity index is 563. The Morgan fingerprint density at radius 3 is 0.674 bits per heavy atom. The van der Waals surface area contributed by atoms with Crippen molar-refractivity contribution in [3.63, 3.8) is 0 Å². The maximum atomic E-state index is 10.2. The smallest absolute Gasteiger partial charge is 0.547 e. The summed E-state index contributed by atoms with van der Waals surface area (Å²) in [4.78, 5) is 30.5. The molecule has 0 amide bonds. The zero-order valence-electron chi connectivity index (χ0n) is 29.7. The molecule has 0 heterocycles. The first kappa shape index (κ1) is 51.7. The largest absolute Gasteiger partial charge is 3.00 e. The van der Waals surface area contributed by atoms with Crippen LogP contribution in [0.3, 0.4) is 0 Å². The molecule has 3 atom stereocenters. The van der Waals surface area contributed by atoms with E-state index in [0.29, 0.717) is 19.3 Å². The monoisotopic (exact) mass is 672 g/mol. The Hall–Kier alpha value is -1.18. The van der Waals surface area contributed by atoms with Gasteiger partial charge in [-0.3, -0.25) is 0 Å². The Labute approximate surface area is 292 Å². The molecule has 3 N–H and O–H groups in total. The Morgan fingerprint density at radius 2 is 0.522 bits per heavy atom. The van der Waals surface area contributed by atoms with Crippen LogP contribution >= 0.6 is 0 Å². The van der Waals surface area contributed by atoms with Crippen LogP contribution < -0.4 is 15.3 Å². The molecule has 0 spiro atoms. The summed E-state index contributed by atoms with van der Waals surface area (Å²) < 4.78 is 0. The molecule has 10 heteroatoms. The molecule has 3 unspecified atom stereocenters. The van der Waals surface area contributed by atoms with Crippen LogP contribution in [0.4, 0.5) is 0 Å². The molecule has 0 aliphatic heterocycles. The van der Waals surface area contributed by atoms with Gasteiger partial charge in [-0.2, -0.15) is 0 Å². The molecule has 0 aromatic carbocycles. The standard InChI is InChI=1S/3C12H24O3.Al/c3*1-2-3-4-5-6-7-8-9-10-11(13)12(14)15;/h3*11,13H,2-10H2,1H3,(H,14,15);/q;;;+3/p-3. The van der Waals surface area contributed by atoms with E-state index in [1.165, 1.54) is 96.3 Å². The summed E-state index contributed by atoms with van der Waals surface area (Å²) in [6, 6.07) is 0. The zero-order chi connectivity index (χ0) is 34.6. The van der Waals surface area contributed by atoms with Gasteiger partial charge in [-0.05, 0) is 19.3 Å². The second kappa shape index (κ2) is 41.8. The summed E-state index contributed by atoms with van der Waals surface area (Å²) in [6.07, 6.45) is 25.1. The number of hydrogen-bond acceptors (Lipinski definition) is 9. The molecule has 270 valence electrons. The molecule has 0 radical (unpaired) electrons. The van der Waals surface area contributed by atoms with E-state index < -0.39 is 36.2 Å². The quantitative estimate of drug-likeness (QED) is 0.0731. The zero-order valence-corrected chi connectivity index (χ0v) is 30.8. The van der Waals surface area contributed by atoms with Gasteiger partial charge in [-0.25, -0.2) is 0 Å². The van der Waals surface area contributed by atoms with Crippen molar-refractivity contribution in [2.45, 2.75) is 212 Å². The molecular weight excluding hydrogens is 603 g/mol. The topological polar surface area (TPSA) is 181 Å². The van der Waals surface area contributed by atoms with Gasteiger partial charge in [-0.1, -0.05) is 175 Å². The molecule has 46 heavy (non-hydrogen) atoms. The van der Waals surface area contributed by atoms with Gasteiger partial charge in [0.05, 0.1) is 36.2 Å². The molecule has 0 rings (SSSR count). The first-order chi connectivity index (χ1) is 21.5. The fraction of sp³-hybridized carbons (Fsp3) is 0.917. The third kappa shape index (κ3) is 44.9. The summed E-state index contributed by atoms with van der Waals surface area (Å²) in [6.45, 7) is 6.59. The number of carbonyl (C=O) groups is 3. The van der Waals surface area contributed by atoms with Crippen molar-refractivity contribution < 1.29 is 45.0 Å².